The minimum Gasteiger partial charge on any atom is -0.457 e. The molecule has 1 aliphatic rings. The van der Waals surface area contributed by atoms with E-state index in [-0.39, 0.29) is 19.2 Å². The second-order valence-electron chi connectivity index (χ2n) is 13.0. The molecule has 0 amide bonds. The lowest BCUT2D eigenvalue weighted by Gasteiger charge is -2.39. The monoisotopic (exact) mass is 683 g/mol. The third-order valence-electron chi connectivity index (χ3n) is 8.51. The lowest BCUT2D eigenvalue weighted by molar-refractivity contribution is -0.305. The predicted molar refractivity (Wildman–Crippen MR) is 192 cm³/mol. The SMILES string of the molecule is CCC/C=C\CCCCCCCCOCC(COC1OC(CO)C(O)C(O)C1O)OC(=O)CCCCCCC/C=C\C/C=C\CCCC. The summed E-state index contributed by atoms with van der Waals surface area (Å²) < 4.78 is 22.7. The molecule has 6 unspecified atom stereocenters. The van der Waals surface area contributed by atoms with Crippen LogP contribution in [0.5, 0.6) is 0 Å². The maximum absolute atomic E-state index is 12.7. The number of rotatable bonds is 31. The summed E-state index contributed by atoms with van der Waals surface area (Å²) in [6, 6.07) is 0. The van der Waals surface area contributed by atoms with Gasteiger partial charge in [0.25, 0.3) is 0 Å². The van der Waals surface area contributed by atoms with Gasteiger partial charge in [-0.25, -0.2) is 0 Å². The second-order valence-corrected chi connectivity index (χ2v) is 13.0. The van der Waals surface area contributed by atoms with Crippen LogP contribution < -0.4 is 0 Å². The van der Waals surface area contributed by atoms with Gasteiger partial charge in [0.1, 0.15) is 30.5 Å². The van der Waals surface area contributed by atoms with Crippen molar-refractivity contribution < 1.29 is 44.2 Å². The van der Waals surface area contributed by atoms with Crippen LogP contribution >= 0.6 is 0 Å². The van der Waals surface area contributed by atoms with Gasteiger partial charge in [0, 0.05) is 13.0 Å². The summed E-state index contributed by atoms with van der Waals surface area (Å²) in [4.78, 5) is 12.7. The van der Waals surface area contributed by atoms with Crippen LogP contribution in [0.4, 0.5) is 0 Å². The Morgan fingerprint density at radius 1 is 0.667 bits per heavy atom. The molecule has 9 nitrogen and oxygen atoms in total. The van der Waals surface area contributed by atoms with Crippen LogP contribution in [0.15, 0.2) is 36.5 Å². The van der Waals surface area contributed by atoms with E-state index >= 15 is 0 Å². The molecule has 280 valence electrons. The Kier molecular flexibility index (Phi) is 29.1. The molecule has 48 heavy (non-hydrogen) atoms. The summed E-state index contributed by atoms with van der Waals surface area (Å²) in [5, 5.41) is 39.9. The highest BCUT2D eigenvalue weighted by Crippen LogP contribution is 2.22. The molecule has 0 aromatic carbocycles. The maximum Gasteiger partial charge on any atom is 0.306 e. The summed E-state index contributed by atoms with van der Waals surface area (Å²) in [7, 11) is 0. The highest BCUT2D eigenvalue weighted by atomic mass is 16.7. The van der Waals surface area contributed by atoms with E-state index in [1.807, 2.05) is 0 Å². The first-order valence-electron chi connectivity index (χ1n) is 19.1. The molecule has 1 fully saturated rings. The van der Waals surface area contributed by atoms with Crippen LogP contribution in [0, 0.1) is 0 Å². The zero-order valence-corrected chi connectivity index (χ0v) is 30.2. The molecule has 1 saturated heterocycles. The largest absolute Gasteiger partial charge is 0.457 e. The van der Waals surface area contributed by atoms with Crippen molar-refractivity contribution in [1.29, 1.82) is 0 Å². The fourth-order valence-electron chi connectivity index (χ4n) is 5.45. The fraction of sp³-hybridized carbons (Fsp3) is 0.821. The van der Waals surface area contributed by atoms with Gasteiger partial charge in [-0.1, -0.05) is 115 Å². The molecule has 0 aliphatic carbocycles. The number of allylic oxidation sites excluding steroid dienone is 6. The Balaban J connectivity index is 2.35. The van der Waals surface area contributed by atoms with E-state index in [0.29, 0.717) is 13.0 Å². The maximum atomic E-state index is 12.7. The van der Waals surface area contributed by atoms with Gasteiger partial charge >= 0.3 is 5.97 Å². The van der Waals surface area contributed by atoms with Crippen molar-refractivity contribution >= 4 is 5.97 Å². The Labute approximate surface area is 291 Å². The van der Waals surface area contributed by atoms with Crippen LogP contribution in [0.3, 0.4) is 0 Å². The third-order valence-corrected chi connectivity index (χ3v) is 8.51. The van der Waals surface area contributed by atoms with Gasteiger partial charge in [-0.2, -0.15) is 0 Å². The number of unbranched alkanes of at least 4 members (excludes halogenated alkanes) is 14. The third kappa shape index (κ3) is 22.9. The first-order chi connectivity index (χ1) is 23.4. The second kappa shape index (κ2) is 31.4. The zero-order valence-electron chi connectivity index (χ0n) is 30.2. The summed E-state index contributed by atoms with van der Waals surface area (Å²) >= 11 is 0. The lowest BCUT2D eigenvalue weighted by atomic mass is 9.99. The van der Waals surface area contributed by atoms with Gasteiger partial charge in [-0.3, -0.25) is 4.79 Å². The van der Waals surface area contributed by atoms with Gasteiger partial charge in [-0.05, 0) is 57.8 Å². The minimum atomic E-state index is -1.54. The molecule has 4 N–H and O–H groups in total. The number of carbonyl (C=O) groups excluding carboxylic acids is 1. The van der Waals surface area contributed by atoms with Crippen molar-refractivity contribution in [1.82, 2.24) is 0 Å². The number of carbonyl (C=O) groups is 1. The van der Waals surface area contributed by atoms with Gasteiger partial charge < -0.3 is 39.4 Å². The number of aliphatic hydroxyl groups is 4. The minimum absolute atomic E-state index is 0.122. The Bertz CT molecular complexity index is 828. The fourth-order valence-corrected chi connectivity index (χ4v) is 5.45. The Hall–Kier alpha value is -1.59. The van der Waals surface area contributed by atoms with Crippen LogP contribution in [0.25, 0.3) is 0 Å². The predicted octanol–water partition coefficient (Wildman–Crippen LogP) is 7.24. The molecule has 1 rings (SSSR count). The average Bonchev–Trinajstić information content (AvgIpc) is 3.08. The smallest absolute Gasteiger partial charge is 0.306 e. The highest BCUT2D eigenvalue weighted by Gasteiger charge is 2.44. The molecular formula is C39H70O9. The molecule has 0 saturated carbocycles. The van der Waals surface area contributed by atoms with E-state index < -0.39 is 43.4 Å². The summed E-state index contributed by atoms with van der Waals surface area (Å²) in [5.74, 6) is -0.333. The molecule has 1 heterocycles. The van der Waals surface area contributed by atoms with Crippen LogP contribution in [-0.2, 0) is 23.7 Å². The van der Waals surface area contributed by atoms with Crippen LogP contribution in [0.2, 0.25) is 0 Å². The number of esters is 1. The van der Waals surface area contributed by atoms with Crippen molar-refractivity contribution in [3.05, 3.63) is 36.5 Å². The van der Waals surface area contributed by atoms with Crippen molar-refractivity contribution in [3.63, 3.8) is 0 Å². The van der Waals surface area contributed by atoms with E-state index in [2.05, 4.69) is 50.3 Å². The first kappa shape index (κ1) is 44.4. The van der Waals surface area contributed by atoms with E-state index in [0.717, 1.165) is 77.0 Å². The van der Waals surface area contributed by atoms with Gasteiger partial charge in [0.15, 0.2) is 6.29 Å². The number of hydrogen-bond acceptors (Lipinski definition) is 9. The van der Waals surface area contributed by atoms with Crippen LogP contribution in [-0.4, -0.2) is 89.6 Å². The lowest BCUT2D eigenvalue weighted by Crippen LogP contribution is -2.59. The van der Waals surface area contributed by atoms with Gasteiger partial charge in [0.05, 0.1) is 19.8 Å². The molecule has 0 spiro atoms. The molecule has 1 aliphatic heterocycles. The number of hydrogen-bond donors (Lipinski definition) is 4. The molecular weight excluding hydrogens is 612 g/mol. The normalized spacial score (nSPS) is 22.3. The Morgan fingerprint density at radius 2 is 1.25 bits per heavy atom. The van der Waals surface area contributed by atoms with Crippen molar-refractivity contribution in [2.45, 2.75) is 179 Å². The number of ether oxygens (including phenoxy) is 4. The van der Waals surface area contributed by atoms with E-state index in [1.54, 1.807) is 0 Å². The summed E-state index contributed by atoms with van der Waals surface area (Å²) in [6.45, 7) is 4.41. The number of aliphatic hydroxyl groups excluding tert-OH is 4. The van der Waals surface area contributed by atoms with Crippen molar-refractivity contribution in [3.8, 4) is 0 Å². The van der Waals surface area contributed by atoms with Crippen molar-refractivity contribution in [2.75, 3.05) is 26.4 Å². The molecule has 0 aromatic rings. The summed E-state index contributed by atoms with van der Waals surface area (Å²) in [6.07, 6.45) is 27.4. The standard InChI is InChI=1S/C39H70O9/c1-3-5-7-9-11-13-15-16-17-18-20-22-24-26-28-35(41)47-33(32-46-39-38(44)37(43)36(42)34(30-40)48-39)31-45-29-27-25-23-21-19-14-12-10-8-6-4-2/h8-11,15-16,33-34,36-40,42-44H,3-7,12-14,17-32H2,1-2H3/b10-8-,11-9-,16-15-. The molecule has 0 radical (unpaired) electrons. The molecule has 0 bridgehead atoms. The van der Waals surface area contributed by atoms with Crippen LogP contribution in [0.1, 0.15) is 142 Å². The quantitative estimate of drug-likeness (QED) is 0.0339. The van der Waals surface area contributed by atoms with E-state index in [1.165, 1.54) is 44.9 Å². The van der Waals surface area contributed by atoms with E-state index in [4.69, 9.17) is 18.9 Å². The molecule has 6 atom stereocenters. The molecule has 9 heteroatoms. The van der Waals surface area contributed by atoms with Gasteiger partial charge in [-0.15, -0.1) is 0 Å². The zero-order chi connectivity index (χ0) is 35.1. The average molecular weight is 683 g/mol. The topological polar surface area (TPSA) is 135 Å². The van der Waals surface area contributed by atoms with E-state index in [9.17, 15) is 25.2 Å². The first-order valence-corrected chi connectivity index (χ1v) is 19.1. The molecule has 0 aromatic heterocycles. The highest BCUT2D eigenvalue weighted by molar-refractivity contribution is 5.69. The summed E-state index contributed by atoms with van der Waals surface area (Å²) in [5.41, 5.74) is 0. The van der Waals surface area contributed by atoms with Crippen molar-refractivity contribution in [2.24, 2.45) is 0 Å². The Morgan fingerprint density at radius 3 is 1.90 bits per heavy atom. The van der Waals surface area contributed by atoms with Gasteiger partial charge in [0.2, 0.25) is 0 Å².